The van der Waals surface area contributed by atoms with Crippen LogP contribution in [0.15, 0.2) is 22.7 Å². The Morgan fingerprint density at radius 1 is 1.41 bits per heavy atom. The monoisotopic (exact) mass is 317 g/mol. The molecular formula is C13H17BrClNO. The Labute approximate surface area is 116 Å². The summed E-state index contributed by atoms with van der Waals surface area (Å²) in [5.41, 5.74) is 6.97. The van der Waals surface area contributed by atoms with Crippen LogP contribution in [-0.4, -0.2) is 12.1 Å². The molecule has 0 radical (unpaired) electrons. The zero-order chi connectivity index (χ0) is 12.3. The molecule has 2 atom stereocenters. The molecular weight excluding hydrogens is 302 g/mol. The fraction of sp³-hybridized carbons (Fsp3) is 0.538. The molecule has 2 nitrogen and oxygen atoms in total. The molecule has 1 saturated carbocycles. The van der Waals surface area contributed by atoms with E-state index in [0.717, 1.165) is 34.3 Å². The SMILES string of the molecule is NC1CCCC(OCc2ccc(Br)cc2Cl)C1. The number of nitrogens with two attached hydrogens (primary N) is 1. The van der Waals surface area contributed by atoms with E-state index in [0.29, 0.717) is 18.8 Å². The van der Waals surface area contributed by atoms with Crippen LogP contribution in [0.25, 0.3) is 0 Å². The van der Waals surface area contributed by atoms with Crippen LogP contribution >= 0.6 is 27.5 Å². The summed E-state index contributed by atoms with van der Waals surface area (Å²) in [7, 11) is 0. The summed E-state index contributed by atoms with van der Waals surface area (Å²) in [6.07, 6.45) is 4.66. The lowest BCUT2D eigenvalue weighted by Crippen LogP contribution is -2.32. The van der Waals surface area contributed by atoms with E-state index in [2.05, 4.69) is 15.9 Å². The average Bonchev–Trinajstić information content (AvgIpc) is 2.28. The number of benzene rings is 1. The van der Waals surface area contributed by atoms with Crippen LogP contribution < -0.4 is 5.73 Å². The molecule has 2 N–H and O–H groups in total. The predicted molar refractivity (Wildman–Crippen MR) is 74.2 cm³/mol. The number of rotatable bonds is 3. The van der Waals surface area contributed by atoms with Gasteiger partial charge in [0.25, 0.3) is 0 Å². The zero-order valence-corrected chi connectivity index (χ0v) is 12.0. The molecule has 2 rings (SSSR count). The van der Waals surface area contributed by atoms with Gasteiger partial charge in [0.1, 0.15) is 0 Å². The second kappa shape index (κ2) is 6.19. The summed E-state index contributed by atoms with van der Waals surface area (Å²) < 4.78 is 6.87. The van der Waals surface area contributed by atoms with Gasteiger partial charge in [-0.3, -0.25) is 0 Å². The molecule has 1 aliphatic carbocycles. The van der Waals surface area contributed by atoms with Gasteiger partial charge in [0.05, 0.1) is 12.7 Å². The highest BCUT2D eigenvalue weighted by molar-refractivity contribution is 9.10. The largest absolute Gasteiger partial charge is 0.373 e. The van der Waals surface area contributed by atoms with Crippen LogP contribution in [0, 0.1) is 0 Å². The minimum Gasteiger partial charge on any atom is -0.373 e. The molecule has 17 heavy (non-hydrogen) atoms. The normalized spacial score (nSPS) is 24.9. The van der Waals surface area contributed by atoms with Crippen molar-refractivity contribution in [1.29, 1.82) is 0 Å². The Morgan fingerprint density at radius 3 is 2.94 bits per heavy atom. The van der Waals surface area contributed by atoms with Crippen molar-refractivity contribution in [2.75, 3.05) is 0 Å². The summed E-state index contributed by atoms with van der Waals surface area (Å²) in [4.78, 5) is 0. The van der Waals surface area contributed by atoms with Gasteiger partial charge in [-0.05, 0) is 43.4 Å². The van der Waals surface area contributed by atoms with Crippen molar-refractivity contribution in [3.63, 3.8) is 0 Å². The Balaban J connectivity index is 1.88. The van der Waals surface area contributed by atoms with Crippen LogP contribution in [0.3, 0.4) is 0 Å². The van der Waals surface area contributed by atoms with Gasteiger partial charge in [0.2, 0.25) is 0 Å². The number of halogens is 2. The van der Waals surface area contributed by atoms with Gasteiger partial charge < -0.3 is 10.5 Å². The molecule has 0 bridgehead atoms. The van der Waals surface area contributed by atoms with Gasteiger partial charge in [0.15, 0.2) is 0 Å². The molecule has 1 aromatic rings. The second-order valence-corrected chi connectivity index (χ2v) is 5.92. The molecule has 1 aromatic carbocycles. The lowest BCUT2D eigenvalue weighted by atomic mass is 9.93. The molecule has 0 aliphatic heterocycles. The van der Waals surface area contributed by atoms with Gasteiger partial charge in [-0.1, -0.05) is 33.6 Å². The van der Waals surface area contributed by atoms with Crippen LogP contribution in [0.5, 0.6) is 0 Å². The minimum atomic E-state index is 0.290. The smallest absolute Gasteiger partial charge is 0.0735 e. The summed E-state index contributed by atoms with van der Waals surface area (Å²) in [5, 5.41) is 0.750. The highest BCUT2D eigenvalue weighted by Crippen LogP contribution is 2.25. The summed E-state index contributed by atoms with van der Waals surface area (Å²) in [5.74, 6) is 0. The van der Waals surface area contributed by atoms with E-state index in [1.54, 1.807) is 0 Å². The third kappa shape index (κ3) is 3.95. The fourth-order valence-electron chi connectivity index (χ4n) is 2.18. The van der Waals surface area contributed by atoms with Crippen molar-refractivity contribution in [3.05, 3.63) is 33.3 Å². The highest BCUT2D eigenvalue weighted by atomic mass is 79.9. The quantitative estimate of drug-likeness (QED) is 0.917. The standard InChI is InChI=1S/C13H17BrClNO/c14-10-5-4-9(13(15)6-10)8-17-12-3-1-2-11(16)7-12/h4-6,11-12H,1-3,7-8,16H2. The van der Waals surface area contributed by atoms with Crippen molar-refractivity contribution >= 4 is 27.5 Å². The van der Waals surface area contributed by atoms with Crippen molar-refractivity contribution < 1.29 is 4.74 Å². The van der Waals surface area contributed by atoms with Crippen molar-refractivity contribution in [2.24, 2.45) is 5.73 Å². The van der Waals surface area contributed by atoms with Gasteiger partial charge in [-0.25, -0.2) is 0 Å². The fourth-order valence-corrected chi connectivity index (χ4v) is 2.91. The van der Waals surface area contributed by atoms with Crippen molar-refractivity contribution in [2.45, 2.75) is 44.4 Å². The van der Waals surface area contributed by atoms with E-state index < -0.39 is 0 Å². The summed E-state index contributed by atoms with van der Waals surface area (Å²) in [6, 6.07) is 6.17. The van der Waals surface area contributed by atoms with Crippen molar-refractivity contribution in [1.82, 2.24) is 0 Å². The van der Waals surface area contributed by atoms with E-state index in [4.69, 9.17) is 22.1 Å². The molecule has 0 aromatic heterocycles. The van der Waals surface area contributed by atoms with E-state index >= 15 is 0 Å². The molecule has 0 heterocycles. The maximum absolute atomic E-state index is 6.14. The van der Waals surface area contributed by atoms with Gasteiger partial charge >= 0.3 is 0 Å². The first-order chi connectivity index (χ1) is 8.15. The minimum absolute atomic E-state index is 0.290. The van der Waals surface area contributed by atoms with Gasteiger partial charge in [0, 0.05) is 15.5 Å². The lowest BCUT2D eigenvalue weighted by molar-refractivity contribution is 0.0123. The molecule has 4 heteroatoms. The van der Waals surface area contributed by atoms with E-state index in [1.165, 1.54) is 6.42 Å². The third-order valence-corrected chi connectivity index (χ3v) is 4.00. The Kier molecular flexibility index (Phi) is 4.86. The van der Waals surface area contributed by atoms with Crippen molar-refractivity contribution in [3.8, 4) is 0 Å². The van der Waals surface area contributed by atoms with Crippen LogP contribution in [0.2, 0.25) is 5.02 Å². The number of ether oxygens (including phenoxy) is 1. The maximum Gasteiger partial charge on any atom is 0.0735 e. The second-order valence-electron chi connectivity index (χ2n) is 4.60. The molecule has 0 amide bonds. The Hall–Kier alpha value is -0.0900. The first kappa shape index (κ1) is 13.3. The Bertz CT molecular complexity index is 386. The van der Waals surface area contributed by atoms with Crippen LogP contribution in [0.4, 0.5) is 0 Å². The lowest BCUT2D eigenvalue weighted by Gasteiger charge is -2.26. The molecule has 0 saturated heterocycles. The summed E-state index contributed by atoms with van der Waals surface area (Å²) >= 11 is 9.53. The van der Waals surface area contributed by atoms with E-state index in [1.807, 2.05) is 18.2 Å². The Morgan fingerprint density at radius 2 is 2.24 bits per heavy atom. The molecule has 1 fully saturated rings. The predicted octanol–water partition coefficient (Wildman–Crippen LogP) is 3.89. The molecule has 2 unspecified atom stereocenters. The average molecular weight is 319 g/mol. The molecule has 1 aliphatic rings. The topological polar surface area (TPSA) is 35.2 Å². The first-order valence-electron chi connectivity index (χ1n) is 5.96. The summed E-state index contributed by atoms with van der Waals surface area (Å²) in [6.45, 7) is 0.573. The maximum atomic E-state index is 6.14. The number of hydrogen-bond acceptors (Lipinski definition) is 2. The van der Waals surface area contributed by atoms with Crippen LogP contribution in [-0.2, 0) is 11.3 Å². The molecule has 94 valence electrons. The van der Waals surface area contributed by atoms with E-state index in [-0.39, 0.29) is 0 Å². The highest BCUT2D eigenvalue weighted by Gasteiger charge is 2.19. The van der Waals surface area contributed by atoms with Crippen LogP contribution in [0.1, 0.15) is 31.2 Å². The zero-order valence-electron chi connectivity index (χ0n) is 9.66. The van der Waals surface area contributed by atoms with Gasteiger partial charge in [-0.2, -0.15) is 0 Å². The number of hydrogen-bond donors (Lipinski definition) is 1. The van der Waals surface area contributed by atoms with E-state index in [9.17, 15) is 0 Å². The first-order valence-corrected chi connectivity index (χ1v) is 7.13. The molecule has 0 spiro atoms. The van der Waals surface area contributed by atoms with Gasteiger partial charge in [-0.15, -0.1) is 0 Å². The third-order valence-electron chi connectivity index (χ3n) is 3.16.